The molecule has 0 saturated carbocycles. The van der Waals surface area contributed by atoms with Gasteiger partial charge in [-0.05, 0) is 60.2 Å². The zero-order valence-electron chi connectivity index (χ0n) is 15.4. The smallest absolute Gasteiger partial charge is 0.238 e. The largest absolute Gasteiger partial charge is 0.350 e. The van der Waals surface area contributed by atoms with E-state index in [0.717, 1.165) is 57.5 Å². The summed E-state index contributed by atoms with van der Waals surface area (Å²) < 4.78 is 0.942. The molecule has 1 aliphatic heterocycles. The third kappa shape index (κ3) is 3.49. The number of hydrogen-bond donors (Lipinski definition) is 2. The second kappa shape index (κ2) is 7.39. The van der Waals surface area contributed by atoms with Crippen molar-refractivity contribution in [2.75, 3.05) is 10.6 Å². The van der Waals surface area contributed by atoms with Gasteiger partial charge in [-0.1, -0.05) is 33.6 Å². The van der Waals surface area contributed by atoms with Gasteiger partial charge in [-0.3, -0.25) is 4.79 Å². The molecule has 3 aromatic rings. The molecule has 0 saturated heterocycles. The van der Waals surface area contributed by atoms with Crippen LogP contribution in [0.1, 0.15) is 40.4 Å². The van der Waals surface area contributed by atoms with Gasteiger partial charge in [0.2, 0.25) is 11.9 Å². The van der Waals surface area contributed by atoms with E-state index in [-0.39, 0.29) is 5.91 Å². The van der Waals surface area contributed by atoms with Gasteiger partial charge in [0.05, 0.1) is 5.69 Å². The third-order valence-corrected chi connectivity index (χ3v) is 6.04. The highest BCUT2D eigenvalue weighted by atomic mass is 79.9. The molecule has 0 fully saturated rings. The molecular weight excluding hydrogens is 454 g/mol. The maximum atomic E-state index is 12.8. The van der Waals surface area contributed by atoms with Crippen molar-refractivity contribution in [1.29, 1.82) is 0 Å². The minimum Gasteiger partial charge on any atom is -0.350 e. The first-order valence-corrected chi connectivity index (χ1v) is 10.6. The summed E-state index contributed by atoms with van der Waals surface area (Å²) in [7, 11) is 0. The Morgan fingerprint density at radius 3 is 2.93 bits per heavy atom. The molecule has 2 N–H and O–H groups in total. The van der Waals surface area contributed by atoms with Gasteiger partial charge in [0.15, 0.2) is 0 Å². The molecule has 1 aromatic carbocycles. The number of amides is 1. The molecule has 29 heavy (non-hydrogen) atoms. The summed E-state index contributed by atoms with van der Waals surface area (Å²) in [6.45, 7) is 0.529. The highest BCUT2D eigenvalue weighted by molar-refractivity contribution is 9.10. The maximum Gasteiger partial charge on any atom is 0.238 e. The Morgan fingerprint density at radius 2 is 2.10 bits per heavy atom. The Morgan fingerprint density at radius 1 is 1.21 bits per heavy atom. The number of aryl methyl sites for hydroxylation is 1. The van der Waals surface area contributed by atoms with Crippen LogP contribution in [0.3, 0.4) is 0 Å². The van der Waals surface area contributed by atoms with Gasteiger partial charge in [-0.15, -0.1) is 0 Å². The number of fused-ring (bicyclic) bond motifs is 2. The van der Waals surface area contributed by atoms with Crippen LogP contribution in [-0.4, -0.2) is 20.9 Å². The number of hydrogen-bond acceptors (Lipinski definition) is 5. The molecular formula is C21H17BrClN5O. The molecule has 8 heteroatoms. The first-order chi connectivity index (χ1) is 14.1. The van der Waals surface area contributed by atoms with E-state index in [2.05, 4.69) is 31.5 Å². The van der Waals surface area contributed by atoms with Crippen LogP contribution in [0.4, 0.5) is 11.6 Å². The topological polar surface area (TPSA) is 79.8 Å². The predicted octanol–water partition coefficient (Wildman–Crippen LogP) is 4.47. The van der Waals surface area contributed by atoms with Gasteiger partial charge < -0.3 is 10.6 Å². The molecule has 2 aromatic heterocycles. The summed E-state index contributed by atoms with van der Waals surface area (Å²) in [6.07, 6.45) is 4.56. The van der Waals surface area contributed by atoms with Gasteiger partial charge in [0.25, 0.3) is 0 Å². The molecule has 0 spiro atoms. The SMILES string of the molecule is O=C1Nc2ccc(Br)cc2C1c1nc(NCc2ccc(Cl)nc2)nc2c1CCC2. The van der Waals surface area contributed by atoms with Gasteiger partial charge in [-0.2, -0.15) is 0 Å². The van der Waals surface area contributed by atoms with Crippen LogP contribution in [0, 0.1) is 0 Å². The number of halogens is 2. The monoisotopic (exact) mass is 469 g/mol. The molecule has 3 heterocycles. The molecule has 1 atom stereocenters. The Bertz CT molecular complexity index is 1120. The van der Waals surface area contributed by atoms with Crippen LogP contribution >= 0.6 is 27.5 Å². The molecule has 0 radical (unpaired) electrons. The molecule has 1 aliphatic carbocycles. The van der Waals surface area contributed by atoms with E-state index >= 15 is 0 Å². The lowest BCUT2D eigenvalue weighted by Gasteiger charge is -2.15. The van der Waals surface area contributed by atoms with Crippen LogP contribution in [0.15, 0.2) is 41.0 Å². The van der Waals surface area contributed by atoms with E-state index in [0.29, 0.717) is 17.6 Å². The van der Waals surface area contributed by atoms with Crippen molar-refractivity contribution in [3.63, 3.8) is 0 Å². The lowest BCUT2D eigenvalue weighted by Crippen LogP contribution is -2.18. The second-order valence-electron chi connectivity index (χ2n) is 7.21. The first-order valence-electron chi connectivity index (χ1n) is 9.43. The fraction of sp³-hybridized carbons (Fsp3) is 0.238. The summed E-state index contributed by atoms with van der Waals surface area (Å²) in [5, 5.41) is 6.72. The van der Waals surface area contributed by atoms with Crippen molar-refractivity contribution < 1.29 is 4.79 Å². The maximum absolute atomic E-state index is 12.8. The van der Waals surface area contributed by atoms with E-state index in [4.69, 9.17) is 21.6 Å². The summed E-state index contributed by atoms with van der Waals surface area (Å²) in [5.41, 5.74) is 5.71. The van der Waals surface area contributed by atoms with Crippen LogP contribution in [0.2, 0.25) is 5.15 Å². The van der Waals surface area contributed by atoms with E-state index in [1.54, 1.807) is 12.3 Å². The van der Waals surface area contributed by atoms with Crippen molar-refractivity contribution in [1.82, 2.24) is 15.0 Å². The standard InChI is InChI=1S/C21H17BrClN5O/c22-12-5-6-16-14(8-12)18(20(29)26-16)19-13-2-1-3-15(13)27-21(28-19)25-10-11-4-7-17(23)24-9-11/h4-9,18H,1-3,10H2,(H,26,29)(H,25,27,28). The third-order valence-electron chi connectivity index (χ3n) is 5.32. The number of rotatable bonds is 4. The van der Waals surface area contributed by atoms with Crippen LogP contribution in [0.25, 0.3) is 0 Å². The molecule has 1 unspecified atom stereocenters. The van der Waals surface area contributed by atoms with E-state index in [1.807, 2.05) is 24.3 Å². The summed E-state index contributed by atoms with van der Waals surface area (Å²) in [4.78, 5) is 26.4. The fourth-order valence-electron chi connectivity index (χ4n) is 3.98. The van der Waals surface area contributed by atoms with Crippen LogP contribution in [0.5, 0.6) is 0 Å². The number of pyridine rings is 1. The minimum atomic E-state index is -0.421. The van der Waals surface area contributed by atoms with Gasteiger partial charge >= 0.3 is 0 Å². The van der Waals surface area contributed by atoms with Crippen molar-refractivity contribution in [3.05, 3.63) is 74.2 Å². The normalized spacial score (nSPS) is 17.0. The number of anilines is 2. The molecule has 0 bridgehead atoms. The van der Waals surface area contributed by atoms with Crippen molar-refractivity contribution in [2.45, 2.75) is 31.7 Å². The van der Waals surface area contributed by atoms with E-state index < -0.39 is 5.92 Å². The zero-order valence-corrected chi connectivity index (χ0v) is 17.7. The highest BCUT2D eigenvalue weighted by Crippen LogP contribution is 2.41. The zero-order chi connectivity index (χ0) is 20.0. The number of benzene rings is 1. The molecule has 146 valence electrons. The average Bonchev–Trinajstić information content (AvgIpc) is 3.30. The minimum absolute atomic E-state index is 0.0428. The molecule has 5 rings (SSSR count). The molecule has 2 aliphatic rings. The lowest BCUT2D eigenvalue weighted by atomic mass is 9.93. The Balaban J connectivity index is 1.51. The summed E-state index contributed by atoms with van der Waals surface area (Å²) in [6, 6.07) is 9.51. The number of nitrogens with zero attached hydrogens (tertiary/aromatic N) is 3. The average molecular weight is 471 g/mol. The van der Waals surface area contributed by atoms with Crippen molar-refractivity contribution in [2.24, 2.45) is 0 Å². The summed E-state index contributed by atoms with van der Waals surface area (Å²) in [5.74, 6) is 0.0701. The Hall–Kier alpha value is -2.51. The molecule has 6 nitrogen and oxygen atoms in total. The van der Waals surface area contributed by atoms with Crippen LogP contribution < -0.4 is 10.6 Å². The van der Waals surface area contributed by atoms with Gasteiger partial charge in [0.1, 0.15) is 11.1 Å². The quantitative estimate of drug-likeness (QED) is 0.550. The highest BCUT2D eigenvalue weighted by Gasteiger charge is 2.36. The van der Waals surface area contributed by atoms with E-state index in [9.17, 15) is 4.79 Å². The van der Waals surface area contributed by atoms with E-state index in [1.165, 1.54) is 0 Å². The van der Waals surface area contributed by atoms with Crippen molar-refractivity contribution in [3.8, 4) is 0 Å². The molecule has 1 amide bonds. The number of carbonyl (C=O) groups excluding carboxylic acids is 1. The van der Waals surface area contributed by atoms with Gasteiger partial charge in [-0.25, -0.2) is 15.0 Å². The Kier molecular flexibility index (Phi) is 4.72. The second-order valence-corrected chi connectivity index (χ2v) is 8.51. The predicted molar refractivity (Wildman–Crippen MR) is 115 cm³/mol. The summed E-state index contributed by atoms with van der Waals surface area (Å²) >= 11 is 9.37. The number of aromatic nitrogens is 3. The van der Waals surface area contributed by atoms with Gasteiger partial charge in [0, 0.05) is 28.6 Å². The first kappa shape index (κ1) is 18.5. The number of nitrogens with one attached hydrogen (secondary N) is 2. The number of carbonyl (C=O) groups is 1. The fourth-order valence-corrected chi connectivity index (χ4v) is 4.47. The Labute approximate surface area is 181 Å². The van der Waals surface area contributed by atoms with Crippen molar-refractivity contribution >= 4 is 45.1 Å². The van der Waals surface area contributed by atoms with Crippen LogP contribution in [-0.2, 0) is 24.2 Å². The lowest BCUT2D eigenvalue weighted by molar-refractivity contribution is -0.116.